The molecule has 0 saturated carbocycles. The number of aromatic nitrogens is 16. The van der Waals surface area contributed by atoms with E-state index < -0.39 is 35.1 Å². The molecule has 2 aliphatic heterocycles. The van der Waals surface area contributed by atoms with Crippen LogP contribution >= 0.6 is 130 Å². The van der Waals surface area contributed by atoms with E-state index in [0.717, 1.165) is 108 Å². The first-order valence-electron chi connectivity index (χ1n) is 37.0. The summed E-state index contributed by atoms with van der Waals surface area (Å²) in [5.74, 6) is 0.842. The van der Waals surface area contributed by atoms with Crippen LogP contribution in [-0.2, 0) is 37.6 Å². The molecule has 624 valence electrons. The van der Waals surface area contributed by atoms with E-state index in [1.807, 2.05) is 222 Å². The summed E-state index contributed by atoms with van der Waals surface area (Å²) in [6, 6.07) is 47.7. The quantitative estimate of drug-likeness (QED) is 0.0379. The average molecular weight is 2140 g/mol. The van der Waals surface area contributed by atoms with E-state index in [0.29, 0.717) is 53.7 Å². The summed E-state index contributed by atoms with van der Waals surface area (Å²) < 4.78 is 28.4. The SMILES string of the molecule is Brc1ccc2cc[nH]c2n1.CC(C)(C)OC(=O)n1cc(CCl)c2ccc(Br)nc21.CC(C)(C)OC(=O)n1cc(CI)c2ccc(Br)nc21.CN(C)Cc1c[nH]c2nc(Br)ccc12.CN(C)Cc1cn(C(=O)OC(C)(C)C)c2nc(Br)ccc12.O=C(c1ccccc1)n1ccc2ccc(Br)nc21.On1cccc2ccnc1-2.c1cnc2[nH]ccc2c1. The van der Waals surface area contributed by atoms with Crippen molar-refractivity contribution >= 4 is 231 Å². The molecule has 15 aromatic rings. The second kappa shape index (κ2) is 41.8. The summed E-state index contributed by atoms with van der Waals surface area (Å²) in [4.78, 5) is 96.4. The van der Waals surface area contributed by atoms with Gasteiger partial charge in [0.05, 0.1) is 0 Å². The van der Waals surface area contributed by atoms with Gasteiger partial charge in [-0.15, -0.1) is 11.6 Å². The molecule has 120 heavy (non-hydrogen) atoms. The Balaban J connectivity index is 0.000000146. The molecular formula is C86H86Br6ClIN18O8. The predicted molar refractivity (Wildman–Crippen MR) is 503 cm³/mol. The molecule has 1 aromatic carbocycles. The summed E-state index contributed by atoms with van der Waals surface area (Å²) in [5, 5.41) is 16.3. The van der Waals surface area contributed by atoms with Crippen LogP contribution in [0.2, 0.25) is 0 Å². The molecule has 0 atom stereocenters. The van der Waals surface area contributed by atoms with E-state index in [1.165, 1.54) is 24.7 Å². The van der Waals surface area contributed by atoms with Crippen LogP contribution in [0.5, 0.6) is 0 Å². The van der Waals surface area contributed by atoms with Crippen LogP contribution in [0.3, 0.4) is 0 Å². The minimum Gasteiger partial charge on any atom is -0.443 e. The van der Waals surface area contributed by atoms with Crippen LogP contribution in [-0.4, -0.2) is 162 Å². The predicted octanol–water partition coefficient (Wildman–Crippen LogP) is 23.5. The van der Waals surface area contributed by atoms with Gasteiger partial charge in [-0.25, -0.2) is 68.0 Å². The largest absolute Gasteiger partial charge is 0.443 e. The molecule has 0 saturated heterocycles. The highest BCUT2D eigenvalue weighted by Crippen LogP contribution is 2.30. The van der Waals surface area contributed by atoms with Gasteiger partial charge in [0.25, 0.3) is 5.91 Å². The number of nitrogens with zero attached hydrogens (tertiary/aromatic N) is 15. The highest BCUT2D eigenvalue weighted by Gasteiger charge is 2.26. The second-order valence-electron chi connectivity index (χ2n) is 30.1. The third kappa shape index (κ3) is 25.8. The van der Waals surface area contributed by atoms with Gasteiger partial charge in [-0.3, -0.25) is 9.36 Å². The van der Waals surface area contributed by atoms with Crippen LogP contribution in [0.4, 0.5) is 14.4 Å². The zero-order valence-electron chi connectivity index (χ0n) is 67.6. The van der Waals surface area contributed by atoms with Gasteiger partial charge in [0.2, 0.25) is 0 Å². The topological polar surface area (TPSA) is 298 Å². The number of carbonyl (C=O) groups is 4. The second-order valence-corrected chi connectivity index (χ2v) is 36.0. The molecule has 34 heteroatoms. The number of carbonyl (C=O) groups excluding carboxylic acids is 4. The molecule has 14 aromatic heterocycles. The lowest BCUT2D eigenvalue weighted by Crippen LogP contribution is -2.27. The molecule has 0 fully saturated rings. The number of nitrogens with one attached hydrogen (secondary N) is 3. The van der Waals surface area contributed by atoms with E-state index in [2.05, 4.69) is 203 Å². The molecule has 4 N–H and O–H groups in total. The lowest BCUT2D eigenvalue weighted by molar-refractivity contribution is 0.0532. The maximum atomic E-state index is 12.4. The van der Waals surface area contributed by atoms with Gasteiger partial charge in [0.15, 0.2) is 22.8 Å². The number of halogens is 8. The van der Waals surface area contributed by atoms with Crippen molar-refractivity contribution < 1.29 is 38.6 Å². The molecule has 0 amide bonds. The van der Waals surface area contributed by atoms with E-state index in [9.17, 15) is 19.2 Å². The number of rotatable bonds is 7. The van der Waals surface area contributed by atoms with Gasteiger partial charge >= 0.3 is 18.3 Å². The van der Waals surface area contributed by atoms with Gasteiger partial charge < -0.3 is 44.2 Å². The Kier molecular flexibility index (Phi) is 32.3. The number of benzene rings is 1. The standard InChI is InChI=1S/C15H20BrN3O2.C14H9BrN2O.C13H14BrClN2O2.C13H14BrIN2O2.C10H12BrN3.C7H5BrN2.C7H6N2O.C7H6N2/c1-15(2,3)21-14(20)19-9-10(8-18(4)5)11-6-7-12(16)17-13(11)19;15-12-7-6-10-8-9-17(13(10)16-12)14(18)11-4-2-1-3-5-11;2*1-13(2,3)19-12(18)17-7-8(6-15)9-4-5-10(14)16-11(9)17;1-14(2)6-7-5-12-10-8(7)3-4-9(11)13-10;8-6-2-1-5-3-4-9-7(5)10-6;10-9-5-1-2-6-3-4-8-7(6)9;1-2-6-3-5-9-7(6)8-4-1/h6-7,9H,8H2,1-5H3;1-9H;2*4-5,7H,6H2,1-3H3;3-5H,6H2,1-2H3,(H,12,13);1-4H,(H,9,10);1-5,10H;1-5H,(H,8,9). The first-order valence-corrected chi connectivity index (χ1v) is 43.8. The van der Waals surface area contributed by atoms with E-state index in [4.69, 9.17) is 31.0 Å². The number of pyridine rings is 8. The average Bonchev–Trinajstić information content (AvgIpc) is 1.64. The monoisotopic (exact) mass is 2130 g/mol. The molecule has 0 unspecified atom stereocenters. The van der Waals surface area contributed by atoms with Crippen molar-refractivity contribution in [2.24, 2.45) is 0 Å². The van der Waals surface area contributed by atoms with Crippen molar-refractivity contribution in [3.05, 3.63) is 269 Å². The Morgan fingerprint density at radius 1 is 0.433 bits per heavy atom. The van der Waals surface area contributed by atoms with Gasteiger partial charge in [-0.1, -0.05) is 40.8 Å². The van der Waals surface area contributed by atoms with Crippen molar-refractivity contribution in [1.29, 1.82) is 0 Å². The van der Waals surface area contributed by atoms with Crippen molar-refractivity contribution in [1.82, 2.24) is 87.6 Å². The smallest absolute Gasteiger partial charge is 0.420 e. The number of alkyl halides is 2. The molecule has 26 nitrogen and oxygen atoms in total. The zero-order chi connectivity index (χ0) is 86.9. The maximum absolute atomic E-state index is 12.4. The van der Waals surface area contributed by atoms with Crippen LogP contribution < -0.4 is 0 Å². The maximum Gasteiger partial charge on any atom is 0.420 e. The highest BCUT2D eigenvalue weighted by atomic mass is 127. The Morgan fingerprint density at radius 3 is 1.39 bits per heavy atom. The fraction of sp³-hybridized carbons (Fsp3) is 0.233. The molecule has 0 bridgehead atoms. The molecule has 2 aliphatic rings. The molecule has 0 radical (unpaired) electrons. The van der Waals surface area contributed by atoms with E-state index in [-0.39, 0.29) is 5.91 Å². The Bertz CT molecular complexity index is 6190. The lowest BCUT2D eigenvalue weighted by Gasteiger charge is -2.19. The van der Waals surface area contributed by atoms with Gasteiger partial charge in [0, 0.05) is 134 Å². The van der Waals surface area contributed by atoms with Crippen LogP contribution in [0.1, 0.15) is 94.9 Å². The van der Waals surface area contributed by atoms with E-state index >= 15 is 0 Å². The van der Waals surface area contributed by atoms with Crippen molar-refractivity contribution in [2.75, 3.05) is 28.2 Å². The van der Waals surface area contributed by atoms with Gasteiger partial charge in [-0.05, 0) is 342 Å². The van der Waals surface area contributed by atoms with Crippen molar-refractivity contribution in [3.63, 3.8) is 0 Å². The fourth-order valence-corrected chi connectivity index (χ4v) is 14.2. The third-order valence-electron chi connectivity index (χ3n) is 16.6. The number of fused-ring (bicyclic) bond motifs is 8. The van der Waals surface area contributed by atoms with Crippen LogP contribution in [0.25, 0.3) is 88.6 Å². The fourth-order valence-electron chi connectivity index (χ4n) is 11.6. The van der Waals surface area contributed by atoms with Crippen LogP contribution in [0.15, 0.2) is 241 Å². The van der Waals surface area contributed by atoms with Crippen molar-refractivity contribution in [3.8, 4) is 11.4 Å². The number of ether oxygens (including phenoxy) is 3. The van der Waals surface area contributed by atoms with Crippen molar-refractivity contribution in [2.45, 2.75) is 103 Å². The first kappa shape index (κ1) is 92.7. The number of hydrogen-bond donors (Lipinski definition) is 4. The molecule has 17 rings (SSSR count). The molecule has 16 heterocycles. The normalized spacial score (nSPS) is 11.3. The van der Waals surface area contributed by atoms with Crippen LogP contribution in [0, 0.1) is 0 Å². The Morgan fingerprint density at radius 2 is 0.883 bits per heavy atom. The number of H-pyrrole nitrogens is 3. The minimum absolute atomic E-state index is 0.0730. The molecular weight excluding hydrogens is 2050 g/mol. The highest BCUT2D eigenvalue weighted by molar-refractivity contribution is 14.1. The number of hydrogen-bond acceptors (Lipinski definition) is 18. The first-order chi connectivity index (χ1) is 56.9. The minimum atomic E-state index is -0.555. The third-order valence-corrected chi connectivity index (χ3v) is 20.4. The summed E-state index contributed by atoms with van der Waals surface area (Å²) in [7, 11) is 8.10. The summed E-state index contributed by atoms with van der Waals surface area (Å²) in [6.45, 7) is 18.2. The summed E-state index contributed by atoms with van der Waals surface area (Å²) in [6.07, 6.45) is 16.5. The Labute approximate surface area is 761 Å². The van der Waals surface area contributed by atoms with Gasteiger partial charge in [-0.2, -0.15) is 4.73 Å². The summed E-state index contributed by atoms with van der Waals surface area (Å²) >= 11 is 28.1. The Hall–Kier alpha value is -9.56. The van der Waals surface area contributed by atoms with Gasteiger partial charge in [0.1, 0.15) is 67.0 Å². The zero-order valence-corrected chi connectivity index (χ0v) is 80.0. The molecule has 0 aliphatic carbocycles. The number of aromatic amines is 3. The molecule has 0 spiro atoms. The lowest BCUT2D eigenvalue weighted by atomic mass is 10.2. The van der Waals surface area contributed by atoms with E-state index in [1.54, 1.807) is 66.1 Å². The summed E-state index contributed by atoms with van der Waals surface area (Å²) in [5.41, 5.74) is 9.48.